The van der Waals surface area contributed by atoms with Gasteiger partial charge < -0.3 is 9.47 Å². The van der Waals surface area contributed by atoms with E-state index in [0.717, 1.165) is 5.56 Å². The molecule has 0 N–H and O–H groups in total. The minimum Gasteiger partial charge on any atom is -0.493 e. The van der Waals surface area contributed by atoms with Crippen molar-refractivity contribution in [1.82, 2.24) is 0 Å². The Balaban J connectivity index is 1.92. The summed E-state index contributed by atoms with van der Waals surface area (Å²) < 4.78 is 10.6. The van der Waals surface area contributed by atoms with Crippen molar-refractivity contribution < 1.29 is 14.3 Å². The van der Waals surface area contributed by atoms with Crippen molar-refractivity contribution in [3.05, 3.63) is 70.1 Å². The van der Waals surface area contributed by atoms with Gasteiger partial charge in [-0.3, -0.25) is 0 Å². The zero-order chi connectivity index (χ0) is 16.5. The molecule has 0 fully saturated rings. The third-order valence-electron chi connectivity index (χ3n) is 2.90. The summed E-state index contributed by atoms with van der Waals surface area (Å²) in [6, 6.07) is 13.5. The second-order valence-corrected chi connectivity index (χ2v) is 4.76. The molecule has 0 unspecified atom stereocenters. The number of hydrogen-bond donors (Lipinski definition) is 0. The van der Waals surface area contributed by atoms with Crippen molar-refractivity contribution >= 4 is 17.6 Å². The van der Waals surface area contributed by atoms with Crippen molar-refractivity contribution in [1.29, 1.82) is 0 Å². The third-order valence-corrected chi connectivity index (χ3v) is 3.21. The van der Waals surface area contributed by atoms with E-state index in [9.17, 15) is 4.79 Å². The number of ether oxygens (including phenoxy) is 2. The number of carbonyl (C=O) groups is 1. The van der Waals surface area contributed by atoms with Crippen LogP contribution >= 0.6 is 11.6 Å². The highest BCUT2D eigenvalue weighted by molar-refractivity contribution is 6.17. The van der Waals surface area contributed by atoms with Gasteiger partial charge in [-0.2, -0.15) is 0 Å². The Hall–Kier alpha value is -2.69. The fourth-order valence-electron chi connectivity index (χ4n) is 1.75. The normalized spacial score (nSPS) is 9.78. The number of nitrogens with zero attached hydrogens (tertiary/aromatic N) is 3. The van der Waals surface area contributed by atoms with E-state index in [1.165, 1.54) is 0 Å². The maximum absolute atomic E-state index is 12.0. The quantitative estimate of drug-likeness (QED) is 0.144. The monoisotopic (exact) mass is 331 g/mol. The van der Waals surface area contributed by atoms with Crippen LogP contribution in [0.15, 0.2) is 53.6 Å². The average molecular weight is 332 g/mol. The predicted octanol–water partition coefficient (Wildman–Crippen LogP) is 4.33. The van der Waals surface area contributed by atoms with Gasteiger partial charge in [0, 0.05) is 10.8 Å². The van der Waals surface area contributed by atoms with Gasteiger partial charge in [0.1, 0.15) is 11.5 Å². The van der Waals surface area contributed by atoms with E-state index in [1.807, 2.05) is 0 Å². The molecule has 6 nitrogen and oxygen atoms in total. The van der Waals surface area contributed by atoms with Gasteiger partial charge >= 0.3 is 5.97 Å². The van der Waals surface area contributed by atoms with E-state index in [-0.39, 0.29) is 13.2 Å². The number of carbonyl (C=O) groups excluding carboxylic acids is 1. The van der Waals surface area contributed by atoms with Crippen molar-refractivity contribution in [3.8, 4) is 11.5 Å². The summed E-state index contributed by atoms with van der Waals surface area (Å²) in [5.74, 6) is 0.999. The third kappa shape index (κ3) is 5.21. The zero-order valence-electron chi connectivity index (χ0n) is 12.2. The zero-order valence-corrected chi connectivity index (χ0v) is 12.9. The first-order valence-corrected chi connectivity index (χ1v) is 7.37. The number of esters is 1. The molecular formula is C16H14ClN3O3. The van der Waals surface area contributed by atoms with Gasteiger partial charge in [-0.25, -0.2) is 4.79 Å². The molecule has 0 saturated heterocycles. The first-order valence-electron chi connectivity index (χ1n) is 6.83. The van der Waals surface area contributed by atoms with E-state index in [0.29, 0.717) is 22.9 Å². The molecule has 0 bridgehead atoms. The number of hydrogen-bond acceptors (Lipinski definition) is 4. The summed E-state index contributed by atoms with van der Waals surface area (Å²) in [6.45, 7) is 0.527. The number of azide groups is 1. The Morgan fingerprint density at radius 1 is 1.09 bits per heavy atom. The van der Waals surface area contributed by atoms with Crippen LogP contribution in [0.2, 0.25) is 0 Å². The Bertz CT molecular complexity index is 696. The molecule has 0 radical (unpaired) electrons. The molecule has 7 heteroatoms. The first-order chi connectivity index (χ1) is 11.2. The first kappa shape index (κ1) is 16.7. The van der Waals surface area contributed by atoms with Crippen LogP contribution in [0.1, 0.15) is 15.9 Å². The summed E-state index contributed by atoms with van der Waals surface area (Å²) in [7, 11) is 0. The molecular weight excluding hydrogens is 318 g/mol. The summed E-state index contributed by atoms with van der Waals surface area (Å²) in [5, 5.41) is 3.36. The smallest absolute Gasteiger partial charge is 0.343 e. The van der Waals surface area contributed by atoms with Crippen LogP contribution in [-0.4, -0.2) is 19.1 Å². The van der Waals surface area contributed by atoms with Gasteiger partial charge in [-0.15, -0.1) is 11.6 Å². The minimum atomic E-state index is -0.454. The Kier molecular flexibility index (Phi) is 6.29. The lowest BCUT2D eigenvalue weighted by atomic mass is 10.2. The van der Waals surface area contributed by atoms with Gasteiger partial charge in [0.25, 0.3) is 0 Å². The van der Waals surface area contributed by atoms with E-state index < -0.39 is 5.97 Å². The van der Waals surface area contributed by atoms with Crippen LogP contribution < -0.4 is 9.47 Å². The lowest BCUT2D eigenvalue weighted by Gasteiger charge is -2.07. The standard InChI is InChI=1S/C16H14ClN3O3/c17-11-12-1-5-15(6-2-12)23-16(21)13-3-7-14(8-4-13)22-10-9-19-20-18/h1-8H,9-11H2. The molecule has 118 valence electrons. The van der Waals surface area contributed by atoms with E-state index >= 15 is 0 Å². The van der Waals surface area contributed by atoms with Gasteiger partial charge in [-0.05, 0) is 47.5 Å². The molecule has 0 spiro atoms. The average Bonchev–Trinajstić information content (AvgIpc) is 2.60. The summed E-state index contributed by atoms with van der Waals surface area (Å²) >= 11 is 5.71. The Morgan fingerprint density at radius 2 is 1.74 bits per heavy atom. The maximum Gasteiger partial charge on any atom is 0.343 e. The van der Waals surface area contributed by atoms with Crippen LogP contribution in [0.5, 0.6) is 11.5 Å². The molecule has 2 aromatic rings. The molecule has 2 aromatic carbocycles. The van der Waals surface area contributed by atoms with Gasteiger partial charge in [0.05, 0.1) is 18.7 Å². The molecule has 0 aliphatic carbocycles. The van der Waals surface area contributed by atoms with Gasteiger partial charge in [0.15, 0.2) is 0 Å². The number of alkyl halides is 1. The van der Waals surface area contributed by atoms with Gasteiger partial charge in [0.2, 0.25) is 0 Å². The lowest BCUT2D eigenvalue weighted by Crippen LogP contribution is -2.08. The van der Waals surface area contributed by atoms with E-state index in [2.05, 4.69) is 10.0 Å². The van der Waals surface area contributed by atoms with Crippen molar-refractivity contribution in [3.63, 3.8) is 0 Å². The van der Waals surface area contributed by atoms with Crippen LogP contribution in [0.25, 0.3) is 10.4 Å². The number of rotatable bonds is 7. The second-order valence-electron chi connectivity index (χ2n) is 4.49. The van der Waals surface area contributed by atoms with Crippen molar-refractivity contribution in [2.24, 2.45) is 5.11 Å². The van der Waals surface area contributed by atoms with Gasteiger partial charge in [-0.1, -0.05) is 17.2 Å². The molecule has 0 heterocycles. The molecule has 0 atom stereocenters. The van der Waals surface area contributed by atoms with E-state index in [1.54, 1.807) is 48.5 Å². The number of benzene rings is 2. The van der Waals surface area contributed by atoms with E-state index in [4.69, 9.17) is 26.6 Å². The second kappa shape index (κ2) is 8.68. The van der Waals surface area contributed by atoms with Crippen molar-refractivity contribution in [2.75, 3.05) is 13.2 Å². The molecule has 0 aromatic heterocycles. The fraction of sp³-hybridized carbons (Fsp3) is 0.188. The molecule has 23 heavy (non-hydrogen) atoms. The molecule has 0 saturated carbocycles. The molecule has 0 amide bonds. The fourth-order valence-corrected chi connectivity index (χ4v) is 1.93. The lowest BCUT2D eigenvalue weighted by molar-refractivity contribution is 0.0734. The largest absolute Gasteiger partial charge is 0.493 e. The highest BCUT2D eigenvalue weighted by atomic mass is 35.5. The van der Waals surface area contributed by atoms with Crippen LogP contribution in [0.3, 0.4) is 0 Å². The Morgan fingerprint density at radius 3 is 2.35 bits per heavy atom. The maximum atomic E-state index is 12.0. The topological polar surface area (TPSA) is 84.3 Å². The summed E-state index contributed by atoms with van der Waals surface area (Å²) in [5.41, 5.74) is 9.52. The van der Waals surface area contributed by atoms with Crippen LogP contribution in [0.4, 0.5) is 0 Å². The SMILES string of the molecule is [N-]=[N+]=NCCOc1ccc(C(=O)Oc2ccc(CCl)cc2)cc1. The molecule has 0 aliphatic heterocycles. The van der Waals surface area contributed by atoms with Crippen LogP contribution in [0, 0.1) is 0 Å². The Labute approximate surface area is 138 Å². The van der Waals surface area contributed by atoms with Crippen molar-refractivity contribution in [2.45, 2.75) is 5.88 Å². The van der Waals surface area contributed by atoms with Crippen LogP contribution in [-0.2, 0) is 5.88 Å². The number of halogens is 1. The highest BCUT2D eigenvalue weighted by Crippen LogP contribution is 2.17. The summed E-state index contributed by atoms with van der Waals surface area (Å²) in [6.07, 6.45) is 0. The predicted molar refractivity (Wildman–Crippen MR) is 86.9 cm³/mol. The molecule has 0 aliphatic rings. The molecule has 2 rings (SSSR count). The minimum absolute atomic E-state index is 0.249. The summed E-state index contributed by atoms with van der Waals surface area (Å²) in [4.78, 5) is 14.7. The highest BCUT2D eigenvalue weighted by Gasteiger charge is 2.08.